The Morgan fingerprint density at radius 3 is 1.97 bits per heavy atom. The van der Waals surface area contributed by atoms with Crippen molar-refractivity contribution >= 4 is 0 Å². The number of hydrogen-bond acceptors (Lipinski definition) is 13. The molecule has 13 nitrogen and oxygen atoms in total. The van der Waals surface area contributed by atoms with Gasteiger partial charge in [-0.05, 0) is 85.7 Å². The van der Waals surface area contributed by atoms with E-state index in [1.54, 1.807) is 21.0 Å². The number of ether oxygens (including phenoxy) is 8. The number of unbranched alkanes of at least 4 members (excludes halogenated alkanes) is 6. The average Bonchev–Trinajstić information content (AvgIpc) is 3.52. The molecule has 5 saturated heterocycles. The zero-order chi connectivity index (χ0) is 44.4. The van der Waals surface area contributed by atoms with Gasteiger partial charge in [-0.15, -0.1) is 0 Å². The molecule has 0 spiro atoms. The second kappa shape index (κ2) is 20.8. The predicted octanol–water partition coefficient (Wildman–Crippen LogP) is 6.68. The van der Waals surface area contributed by atoms with Crippen LogP contribution in [-0.4, -0.2) is 142 Å². The molecule has 6 unspecified atom stereocenters. The van der Waals surface area contributed by atoms with Crippen molar-refractivity contribution in [2.75, 3.05) is 20.2 Å². The minimum absolute atomic E-state index is 0.0203. The van der Waals surface area contributed by atoms with Gasteiger partial charge in [-0.1, -0.05) is 87.0 Å². The number of aliphatic hydroxyl groups is 4. The Bertz CT molecular complexity index is 1310. The van der Waals surface area contributed by atoms with Crippen LogP contribution >= 0.6 is 0 Å². The Morgan fingerprint density at radius 2 is 1.38 bits per heavy atom. The van der Waals surface area contributed by atoms with E-state index in [0.29, 0.717) is 19.3 Å². The maximum absolute atomic E-state index is 12.7. The highest BCUT2D eigenvalue weighted by Gasteiger charge is 2.64. The van der Waals surface area contributed by atoms with E-state index in [0.717, 1.165) is 38.8 Å². The van der Waals surface area contributed by atoms with Crippen LogP contribution in [0.2, 0.25) is 0 Å². The molecule has 352 valence electrons. The number of methoxy groups -OCH3 is 1. The molecule has 4 N–H and O–H groups in total. The van der Waals surface area contributed by atoms with Crippen LogP contribution in [0.15, 0.2) is 0 Å². The summed E-state index contributed by atoms with van der Waals surface area (Å²) < 4.78 is 53.4. The number of rotatable bonds is 17. The summed E-state index contributed by atoms with van der Waals surface area (Å²) in [6.07, 6.45) is 3.16. The van der Waals surface area contributed by atoms with Crippen LogP contribution in [0.3, 0.4) is 0 Å². The fourth-order valence-corrected chi connectivity index (χ4v) is 11.6. The van der Waals surface area contributed by atoms with Crippen molar-refractivity contribution in [2.45, 2.75) is 256 Å². The molecule has 60 heavy (non-hydrogen) atoms. The van der Waals surface area contributed by atoms with Gasteiger partial charge in [-0.3, -0.25) is 4.90 Å². The maximum Gasteiger partial charge on any atom is 0.286 e. The lowest BCUT2D eigenvalue weighted by Crippen LogP contribution is -2.69. The molecule has 0 aromatic heterocycles. The van der Waals surface area contributed by atoms with Crippen LogP contribution in [0.25, 0.3) is 0 Å². The number of nitrogens with zero attached hydrogens (tertiary/aromatic N) is 1. The van der Waals surface area contributed by atoms with Crippen LogP contribution in [0.1, 0.15) is 160 Å². The first-order valence-electron chi connectivity index (χ1n) is 23.9. The van der Waals surface area contributed by atoms with Crippen LogP contribution in [0.4, 0.5) is 0 Å². The summed E-state index contributed by atoms with van der Waals surface area (Å²) in [5.41, 5.74) is -3.32. The molecule has 4 bridgehead atoms. The van der Waals surface area contributed by atoms with Crippen LogP contribution in [0, 0.1) is 23.7 Å². The van der Waals surface area contributed by atoms with Gasteiger partial charge in [0.25, 0.3) is 5.97 Å². The SMILES string of the molecule is CCCCCCN(CCCCCC)C1CC(C)O[C@@H](O[C@@H]2[C@@H](C)[C@H](O[C@H]3CC(C)(OC)[C@@H](O)C(C)O3)[C@@H](C)[C@@]3(O)O[C@H]([C@@H](C)C4O[C@@]2(C)C[C@@H]4C)[C@](C)(O)[C@@H](CC)O3)C1O. The third kappa shape index (κ3) is 10.6. The number of aliphatic hydroxyl groups excluding tert-OH is 2. The van der Waals surface area contributed by atoms with Gasteiger partial charge in [0, 0.05) is 31.4 Å². The quantitative estimate of drug-likeness (QED) is 0.115. The topological polar surface area (TPSA) is 158 Å². The molecular formula is C47H87NO12. The second-order valence-corrected chi connectivity index (χ2v) is 20.4. The third-order valence-corrected chi connectivity index (χ3v) is 15.3. The molecule has 0 saturated carbocycles. The van der Waals surface area contributed by atoms with Gasteiger partial charge >= 0.3 is 0 Å². The summed E-state index contributed by atoms with van der Waals surface area (Å²) in [7, 11) is 1.57. The lowest BCUT2D eigenvalue weighted by molar-refractivity contribution is -0.481. The monoisotopic (exact) mass is 858 g/mol. The Kier molecular flexibility index (Phi) is 17.5. The van der Waals surface area contributed by atoms with Gasteiger partial charge in [0.1, 0.15) is 17.8 Å². The van der Waals surface area contributed by atoms with Crippen molar-refractivity contribution in [1.82, 2.24) is 4.90 Å². The molecular weight excluding hydrogens is 771 g/mol. The Labute approximate surface area is 362 Å². The Balaban J connectivity index is 1.56. The van der Waals surface area contributed by atoms with Crippen LogP contribution in [-0.2, 0) is 37.9 Å². The lowest BCUT2D eigenvalue weighted by atomic mass is 9.74. The van der Waals surface area contributed by atoms with Gasteiger partial charge < -0.3 is 58.3 Å². The molecule has 13 heteroatoms. The lowest BCUT2D eigenvalue weighted by Gasteiger charge is -2.55. The average molecular weight is 858 g/mol. The normalized spacial score (nSPS) is 48.9. The summed E-state index contributed by atoms with van der Waals surface area (Å²) in [4.78, 5) is 2.48. The zero-order valence-electron chi connectivity index (χ0n) is 39.6. The van der Waals surface area contributed by atoms with Crippen molar-refractivity contribution in [3.8, 4) is 0 Å². The third-order valence-electron chi connectivity index (χ3n) is 15.3. The van der Waals surface area contributed by atoms with Crippen molar-refractivity contribution in [2.24, 2.45) is 23.7 Å². The standard InChI is InChI=1S/C47H87NO12/c1-14-17-19-21-23-48(24-22-20-18-15-2)34-25-29(5)54-43(37(34)49)57-41-31(7)39(56-36-27-44(10,53-13)40(50)33(9)55-36)32(8)47(52)58-35(16-3)46(12,51)42(60-47)30(6)38-28(4)26-45(41,11)59-38/h28-43,49-52H,14-27H2,1-13H3/t28-,29?,30-,31-,32+,33?,34?,35+,36-,37?,38?,39-,40-,41+,42+,43-,44?,45-,46+,47-/m0/s1. The zero-order valence-corrected chi connectivity index (χ0v) is 39.6. The molecule has 5 rings (SSSR count). The highest BCUT2D eigenvalue weighted by atomic mass is 16.8. The highest BCUT2D eigenvalue weighted by molar-refractivity contribution is 5.07. The molecule has 5 aliphatic rings. The molecule has 0 amide bonds. The molecule has 5 fully saturated rings. The van der Waals surface area contributed by atoms with Gasteiger partial charge in [-0.2, -0.15) is 0 Å². The smallest absolute Gasteiger partial charge is 0.286 e. The van der Waals surface area contributed by atoms with E-state index < -0.39 is 89.9 Å². The fourth-order valence-electron chi connectivity index (χ4n) is 11.6. The first kappa shape index (κ1) is 50.5. The summed E-state index contributed by atoms with van der Waals surface area (Å²) in [5.74, 6) is -3.91. The molecule has 20 atom stereocenters. The molecule has 0 aliphatic carbocycles. The largest absolute Gasteiger partial charge is 0.387 e. The van der Waals surface area contributed by atoms with E-state index in [9.17, 15) is 20.4 Å². The second-order valence-electron chi connectivity index (χ2n) is 20.4. The van der Waals surface area contributed by atoms with Gasteiger partial charge in [-0.25, -0.2) is 0 Å². The summed E-state index contributed by atoms with van der Waals surface area (Å²) in [5, 5.41) is 48.4. The van der Waals surface area contributed by atoms with Crippen molar-refractivity contribution < 1.29 is 58.3 Å². The van der Waals surface area contributed by atoms with E-state index in [1.165, 1.54) is 25.7 Å². The summed E-state index contributed by atoms with van der Waals surface area (Å²) >= 11 is 0. The van der Waals surface area contributed by atoms with Gasteiger partial charge in [0.2, 0.25) is 0 Å². The van der Waals surface area contributed by atoms with Crippen molar-refractivity contribution in [3.05, 3.63) is 0 Å². The minimum atomic E-state index is -2.18. The van der Waals surface area contributed by atoms with Gasteiger partial charge in [0.05, 0.1) is 59.8 Å². The predicted molar refractivity (Wildman–Crippen MR) is 229 cm³/mol. The minimum Gasteiger partial charge on any atom is -0.387 e. The molecule has 0 aromatic rings. The summed E-state index contributed by atoms with van der Waals surface area (Å²) in [6.45, 7) is 25.7. The van der Waals surface area contributed by atoms with E-state index >= 15 is 0 Å². The van der Waals surface area contributed by atoms with Crippen LogP contribution < -0.4 is 0 Å². The molecule has 5 heterocycles. The van der Waals surface area contributed by atoms with Crippen molar-refractivity contribution in [3.63, 3.8) is 0 Å². The summed E-state index contributed by atoms with van der Waals surface area (Å²) in [6, 6.07) is -0.153. The van der Waals surface area contributed by atoms with Crippen LogP contribution in [0.5, 0.6) is 0 Å². The maximum atomic E-state index is 12.7. The van der Waals surface area contributed by atoms with E-state index in [-0.39, 0.29) is 36.5 Å². The molecule has 5 aliphatic heterocycles. The van der Waals surface area contributed by atoms with E-state index in [4.69, 9.17) is 37.9 Å². The number of fused-ring (bicyclic) bond motifs is 4. The first-order valence-corrected chi connectivity index (χ1v) is 23.9. The molecule has 0 radical (unpaired) electrons. The first-order chi connectivity index (χ1) is 28.2. The fraction of sp³-hybridized carbons (Fsp3) is 1.00. The number of hydrogen-bond donors (Lipinski definition) is 4. The Morgan fingerprint density at radius 1 is 0.750 bits per heavy atom. The Hall–Kier alpha value is -0.520. The van der Waals surface area contributed by atoms with Crippen molar-refractivity contribution in [1.29, 1.82) is 0 Å². The highest BCUT2D eigenvalue weighted by Crippen LogP contribution is 2.52. The van der Waals surface area contributed by atoms with E-state index in [1.807, 2.05) is 34.6 Å². The molecule has 0 aromatic carbocycles. The van der Waals surface area contributed by atoms with Gasteiger partial charge in [0.15, 0.2) is 12.6 Å². The van der Waals surface area contributed by atoms with E-state index in [2.05, 4.69) is 39.5 Å².